The molecule has 7 heteroatoms. The van der Waals surface area contributed by atoms with Crippen LogP contribution in [0.1, 0.15) is 17.3 Å². The fraction of sp³-hybridized carbons (Fsp3) is 0.158. The minimum absolute atomic E-state index is 0.247. The molecule has 0 spiro atoms. The molecule has 3 aromatic rings. The van der Waals surface area contributed by atoms with Crippen molar-refractivity contribution in [2.24, 2.45) is 7.05 Å². The molecule has 2 aromatic heterocycles. The van der Waals surface area contributed by atoms with Crippen LogP contribution in [0.4, 0.5) is 10.1 Å². The molecule has 0 fully saturated rings. The summed E-state index contributed by atoms with van der Waals surface area (Å²) < 4.78 is 14.8. The van der Waals surface area contributed by atoms with Gasteiger partial charge in [0.15, 0.2) is 0 Å². The van der Waals surface area contributed by atoms with E-state index in [-0.39, 0.29) is 5.91 Å². The Morgan fingerprint density at radius 2 is 2.12 bits per heavy atom. The smallest absolute Gasteiger partial charge is 0.257 e. The molecule has 134 valence electrons. The van der Waals surface area contributed by atoms with E-state index in [9.17, 15) is 9.18 Å². The van der Waals surface area contributed by atoms with E-state index in [1.54, 1.807) is 40.7 Å². The van der Waals surface area contributed by atoms with Crippen LogP contribution in [0, 0.1) is 5.82 Å². The number of hydrogen-bond acceptors (Lipinski definition) is 3. The van der Waals surface area contributed by atoms with Crippen molar-refractivity contribution in [1.29, 1.82) is 0 Å². The zero-order valence-electron chi connectivity index (χ0n) is 14.3. The number of aromatic nitrogens is 2. The first kappa shape index (κ1) is 18.5. The molecule has 4 nitrogen and oxygen atoms in total. The second-order valence-corrected chi connectivity index (χ2v) is 7.42. The summed E-state index contributed by atoms with van der Waals surface area (Å²) in [6.45, 7) is 2.05. The molecule has 0 saturated carbocycles. The van der Waals surface area contributed by atoms with Gasteiger partial charge in [0.1, 0.15) is 5.82 Å². The van der Waals surface area contributed by atoms with Crippen LogP contribution in [-0.4, -0.2) is 21.2 Å². The largest absolute Gasteiger partial charge is 0.348 e. The molecular formula is C19H17ClFN3OS. The normalized spacial score (nSPS) is 10.8. The van der Waals surface area contributed by atoms with Crippen LogP contribution >= 0.6 is 23.4 Å². The highest BCUT2D eigenvalue weighted by Gasteiger charge is 2.14. The maximum Gasteiger partial charge on any atom is 0.257 e. The predicted octanol–water partition coefficient (Wildman–Crippen LogP) is 5.24. The number of hydrogen-bond donors (Lipinski definition) is 1. The van der Waals surface area contributed by atoms with E-state index in [4.69, 9.17) is 11.6 Å². The van der Waals surface area contributed by atoms with Gasteiger partial charge in [0.05, 0.1) is 23.1 Å². The summed E-state index contributed by atoms with van der Waals surface area (Å²) in [6, 6.07) is 10.1. The van der Waals surface area contributed by atoms with E-state index in [2.05, 4.69) is 17.2 Å². The second-order valence-electron chi connectivity index (χ2n) is 5.65. The fourth-order valence-corrected chi connectivity index (χ4v) is 3.61. The molecule has 1 amide bonds. The van der Waals surface area contributed by atoms with Crippen molar-refractivity contribution in [3.05, 3.63) is 65.2 Å². The minimum Gasteiger partial charge on any atom is -0.348 e. The number of amides is 1. The van der Waals surface area contributed by atoms with E-state index in [0.717, 1.165) is 22.5 Å². The van der Waals surface area contributed by atoms with Crippen LogP contribution in [0.2, 0.25) is 5.02 Å². The Labute approximate surface area is 160 Å². The quantitative estimate of drug-likeness (QED) is 0.606. The lowest BCUT2D eigenvalue weighted by atomic mass is 10.2. The van der Waals surface area contributed by atoms with Gasteiger partial charge in [-0.1, -0.05) is 18.5 Å². The first-order valence-corrected chi connectivity index (χ1v) is 9.35. The Morgan fingerprint density at radius 3 is 2.81 bits per heavy atom. The van der Waals surface area contributed by atoms with Crippen molar-refractivity contribution in [1.82, 2.24) is 9.55 Å². The number of anilines is 1. The number of carbonyl (C=O) groups is 1. The summed E-state index contributed by atoms with van der Waals surface area (Å²) >= 11 is 7.78. The maximum absolute atomic E-state index is 13.1. The van der Waals surface area contributed by atoms with E-state index in [1.807, 2.05) is 19.2 Å². The highest BCUT2D eigenvalue weighted by molar-refractivity contribution is 7.99. The highest BCUT2D eigenvalue weighted by atomic mass is 35.5. The standard InChI is InChI=1S/C19H17ClFN3OS/c1-3-26-16-8-13(20)7-15(9-16)23-19(25)12-6-18(24(2)11-12)17-5-4-14(21)10-22-17/h4-11H,3H2,1-2H3,(H,23,25). The lowest BCUT2D eigenvalue weighted by Crippen LogP contribution is -2.11. The van der Waals surface area contributed by atoms with Crippen molar-refractivity contribution in [3.8, 4) is 11.4 Å². The number of thioether (sulfide) groups is 1. The Hall–Kier alpha value is -2.31. The lowest BCUT2D eigenvalue weighted by molar-refractivity contribution is 0.102. The lowest BCUT2D eigenvalue weighted by Gasteiger charge is -2.07. The molecule has 0 aliphatic rings. The molecule has 1 N–H and O–H groups in total. The molecule has 0 saturated heterocycles. The predicted molar refractivity (Wildman–Crippen MR) is 104 cm³/mol. The summed E-state index contributed by atoms with van der Waals surface area (Å²) in [6.07, 6.45) is 2.86. The SMILES string of the molecule is CCSc1cc(Cl)cc(NC(=O)c2cc(-c3ccc(F)cn3)n(C)c2)c1. The van der Waals surface area contributed by atoms with Gasteiger partial charge in [-0.15, -0.1) is 11.8 Å². The van der Waals surface area contributed by atoms with Crippen LogP contribution in [-0.2, 0) is 7.05 Å². The molecule has 0 bridgehead atoms. The summed E-state index contributed by atoms with van der Waals surface area (Å²) in [5, 5.41) is 3.44. The molecule has 0 aliphatic carbocycles. The first-order chi connectivity index (χ1) is 12.5. The number of pyridine rings is 1. The number of nitrogens with one attached hydrogen (secondary N) is 1. The molecular weight excluding hydrogens is 373 g/mol. The Morgan fingerprint density at radius 1 is 1.31 bits per heavy atom. The van der Waals surface area contributed by atoms with Crippen LogP contribution < -0.4 is 5.32 Å². The number of rotatable bonds is 5. The molecule has 0 aliphatic heterocycles. The van der Waals surface area contributed by atoms with E-state index >= 15 is 0 Å². The van der Waals surface area contributed by atoms with E-state index in [1.165, 1.54) is 6.07 Å². The summed E-state index contributed by atoms with van der Waals surface area (Å²) in [7, 11) is 1.81. The molecule has 0 atom stereocenters. The molecule has 0 radical (unpaired) electrons. The van der Waals surface area contributed by atoms with E-state index in [0.29, 0.717) is 22.0 Å². The second kappa shape index (κ2) is 7.93. The Balaban J connectivity index is 1.83. The molecule has 2 heterocycles. The average molecular weight is 390 g/mol. The van der Waals surface area contributed by atoms with Gasteiger partial charge in [0.2, 0.25) is 0 Å². The summed E-state index contributed by atoms with van der Waals surface area (Å²) in [4.78, 5) is 17.7. The van der Waals surface area contributed by atoms with Gasteiger partial charge in [0.25, 0.3) is 5.91 Å². The Bertz CT molecular complexity index is 940. The summed E-state index contributed by atoms with van der Waals surface area (Å²) in [5.74, 6) is 0.270. The van der Waals surface area contributed by atoms with Gasteiger partial charge in [-0.25, -0.2) is 4.39 Å². The van der Waals surface area contributed by atoms with Gasteiger partial charge in [-0.2, -0.15) is 0 Å². The van der Waals surface area contributed by atoms with Crippen LogP contribution in [0.5, 0.6) is 0 Å². The monoisotopic (exact) mass is 389 g/mol. The van der Waals surface area contributed by atoms with Crippen molar-refractivity contribution >= 4 is 35.0 Å². The van der Waals surface area contributed by atoms with Crippen LogP contribution in [0.15, 0.2) is 53.7 Å². The molecule has 0 unspecified atom stereocenters. The molecule has 26 heavy (non-hydrogen) atoms. The third-order valence-corrected chi connectivity index (χ3v) is 4.77. The number of nitrogens with zero attached hydrogens (tertiary/aromatic N) is 2. The average Bonchev–Trinajstić information content (AvgIpc) is 2.97. The molecule has 3 rings (SSSR count). The van der Waals surface area contributed by atoms with Crippen molar-refractivity contribution in [3.63, 3.8) is 0 Å². The van der Waals surface area contributed by atoms with Gasteiger partial charge in [-0.05, 0) is 42.2 Å². The number of halogens is 2. The van der Waals surface area contributed by atoms with Crippen LogP contribution in [0.3, 0.4) is 0 Å². The number of aryl methyl sites for hydroxylation is 1. The van der Waals surface area contributed by atoms with Crippen molar-refractivity contribution < 1.29 is 9.18 Å². The fourth-order valence-electron chi connectivity index (χ4n) is 2.56. The van der Waals surface area contributed by atoms with Crippen LogP contribution in [0.25, 0.3) is 11.4 Å². The van der Waals surface area contributed by atoms with Gasteiger partial charge in [-0.3, -0.25) is 9.78 Å². The maximum atomic E-state index is 13.1. The Kier molecular flexibility index (Phi) is 5.64. The zero-order chi connectivity index (χ0) is 18.7. The number of carbonyl (C=O) groups excluding carboxylic acids is 1. The topological polar surface area (TPSA) is 46.9 Å². The minimum atomic E-state index is -0.400. The van der Waals surface area contributed by atoms with Crippen molar-refractivity contribution in [2.45, 2.75) is 11.8 Å². The van der Waals surface area contributed by atoms with Gasteiger partial charge >= 0.3 is 0 Å². The number of benzene rings is 1. The molecule has 1 aromatic carbocycles. The van der Waals surface area contributed by atoms with Gasteiger partial charge < -0.3 is 9.88 Å². The van der Waals surface area contributed by atoms with Crippen molar-refractivity contribution in [2.75, 3.05) is 11.1 Å². The van der Waals surface area contributed by atoms with E-state index < -0.39 is 5.82 Å². The third-order valence-electron chi connectivity index (χ3n) is 3.70. The zero-order valence-corrected chi connectivity index (χ0v) is 15.9. The van der Waals surface area contributed by atoms with Gasteiger partial charge in [0, 0.05) is 28.9 Å². The summed E-state index contributed by atoms with van der Waals surface area (Å²) in [5.41, 5.74) is 2.45. The third kappa shape index (κ3) is 4.26. The highest BCUT2D eigenvalue weighted by Crippen LogP contribution is 2.27. The first-order valence-electron chi connectivity index (χ1n) is 7.99.